The first-order valence-electron chi connectivity index (χ1n) is 10.5. The molecule has 0 aliphatic rings. The smallest absolute Gasteiger partial charge is 0.421 e. The van der Waals surface area contributed by atoms with E-state index in [0.717, 1.165) is 21.3 Å². The van der Waals surface area contributed by atoms with Gasteiger partial charge in [-0.3, -0.25) is 0 Å². The Bertz CT molecular complexity index is 1190. The van der Waals surface area contributed by atoms with Gasteiger partial charge in [-0.2, -0.15) is 0 Å². The number of anilines is 1. The molecule has 7 heteroatoms. The zero-order chi connectivity index (χ0) is 22.9. The van der Waals surface area contributed by atoms with Crippen LogP contribution in [-0.2, 0) is 29.2 Å². The summed E-state index contributed by atoms with van der Waals surface area (Å²) >= 11 is 0. The summed E-state index contributed by atoms with van der Waals surface area (Å²) in [5, 5.41) is 3.10. The molecule has 3 aromatic carbocycles. The third kappa shape index (κ3) is 5.86. The number of imidazole rings is 1. The first-order valence-corrected chi connectivity index (χ1v) is 10.5. The van der Waals surface area contributed by atoms with Crippen molar-refractivity contribution in [3.63, 3.8) is 0 Å². The zero-order valence-electron chi connectivity index (χ0n) is 17.9. The van der Waals surface area contributed by atoms with Crippen molar-refractivity contribution >= 4 is 18.0 Å². The van der Waals surface area contributed by atoms with Gasteiger partial charge in [-0.1, -0.05) is 91.0 Å². The zero-order valence-corrected chi connectivity index (χ0v) is 17.9. The van der Waals surface area contributed by atoms with Gasteiger partial charge in [-0.25, -0.2) is 19.1 Å². The van der Waals surface area contributed by atoms with E-state index in [1.165, 1.54) is 6.20 Å². The lowest BCUT2D eigenvalue weighted by atomic mass is 10.2. The third-order valence-corrected chi connectivity index (χ3v) is 4.86. The van der Waals surface area contributed by atoms with Crippen LogP contribution >= 0.6 is 0 Å². The standard InChI is InChI=1S/C26H23N3O4/c30-24(32-18-21-12-6-2-7-13-21)23-17-28-25(27-16-20-10-4-1-5-11-20)29(23)26(31)33-19-22-14-8-3-9-15-22/h1-15,17H,16,18-19H2,(H,27,28). The van der Waals surface area contributed by atoms with Crippen LogP contribution in [0.25, 0.3) is 0 Å². The van der Waals surface area contributed by atoms with E-state index in [1.54, 1.807) is 0 Å². The molecule has 0 saturated heterocycles. The lowest BCUT2D eigenvalue weighted by Gasteiger charge is -2.12. The van der Waals surface area contributed by atoms with Gasteiger partial charge in [0, 0.05) is 6.54 Å². The van der Waals surface area contributed by atoms with Crippen LogP contribution in [0.1, 0.15) is 27.2 Å². The fraction of sp³-hybridized carbons (Fsp3) is 0.115. The Morgan fingerprint density at radius 3 is 1.82 bits per heavy atom. The van der Waals surface area contributed by atoms with Crippen molar-refractivity contribution in [1.82, 2.24) is 9.55 Å². The molecule has 7 nitrogen and oxygen atoms in total. The molecular weight excluding hydrogens is 418 g/mol. The van der Waals surface area contributed by atoms with Gasteiger partial charge >= 0.3 is 12.1 Å². The van der Waals surface area contributed by atoms with Crippen LogP contribution in [0.4, 0.5) is 10.7 Å². The van der Waals surface area contributed by atoms with Gasteiger partial charge in [-0.05, 0) is 16.7 Å². The molecule has 0 aliphatic carbocycles. The largest absolute Gasteiger partial charge is 0.456 e. The van der Waals surface area contributed by atoms with E-state index in [9.17, 15) is 9.59 Å². The second kappa shape index (κ2) is 10.8. The summed E-state index contributed by atoms with van der Waals surface area (Å²) in [6.45, 7) is 0.563. The minimum atomic E-state index is -0.724. The van der Waals surface area contributed by atoms with Gasteiger partial charge in [0.15, 0.2) is 5.69 Å². The lowest BCUT2D eigenvalue weighted by molar-refractivity contribution is 0.0457. The number of esters is 1. The fourth-order valence-corrected chi connectivity index (χ4v) is 3.16. The summed E-state index contributed by atoms with van der Waals surface area (Å²) in [5.74, 6) is -0.473. The van der Waals surface area contributed by atoms with Gasteiger partial charge in [0.2, 0.25) is 5.95 Å². The number of ether oxygens (including phenoxy) is 2. The van der Waals surface area contributed by atoms with Gasteiger partial charge in [0.25, 0.3) is 0 Å². The predicted octanol–water partition coefficient (Wildman–Crippen LogP) is 5.04. The van der Waals surface area contributed by atoms with Crippen molar-refractivity contribution in [2.75, 3.05) is 5.32 Å². The van der Waals surface area contributed by atoms with Crippen molar-refractivity contribution in [1.29, 1.82) is 0 Å². The molecule has 1 heterocycles. The van der Waals surface area contributed by atoms with Crippen LogP contribution in [-0.4, -0.2) is 21.6 Å². The highest BCUT2D eigenvalue weighted by Gasteiger charge is 2.24. The number of benzene rings is 3. The summed E-state index contributed by atoms with van der Waals surface area (Å²) in [5.41, 5.74) is 2.65. The van der Waals surface area contributed by atoms with Crippen LogP contribution < -0.4 is 5.32 Å². The molecule has 4 rings (SSSR count). The summed E-state index contributed by atoms with van der Waals surface area (Å²) < 4.78 is 12.0. The molecule has 1 N–H and O–H groups in total. The highest BCUT2D eigenvalue weighted by atomic mass is 16.6. The number of nitrogens with one attached hydrogen (secondary N) is 1. The highest BCUT2D eigenvalue weighted by Crippen LogP contribution is 2.16. The Morgan fingerprint density at radius 2 is 1.24 bits per heavy atom. The molecule has 0 aliphatic heterocycles. The number of aromatic nitrogens is 2. The average molecular weight is 441 g/mol. The van der Waals surface area contributed by atoms with Crippen LogP contribution in [0.3, 0.4) is 0 Å². The Hall–Kier alpha value is -4.39. The normalized spacial score (nSPS) is 10.4. The maximum absolute atomic E-state index is 13.0. The second-order valence-corrected chi connectivity index (χ2v) is 7.24. The molecule has 0 spiro atoms. The van der Waals surface area contributed by atoms with E-state index in [1.807, 2.05) is 91.0 Å². The Kier molecular flexibility index (Phi) is 7.12. The molecule has 0 unspecified atom stereocenters. The van der Waals surface area contributed by atoms with Crippen LogP contribution in [0.15, 0.2) is 97.2 Å². The van der Waals surface area contributed by atoms with E-state index in [-0.39, 0.29) is 24.9 Å². The lowest BCUT2D eigenvalue weighted by Crippen LogP contribution is -2.22. The van der Waals surface area contributed by atoms with E-state index >= 15 is 0 Å². The summed E-state index contributed by atoms with van der Waals surface area (Å²) in [7, 11) is 0. The van der Waals surface area contributed by atoms with Crippen LogP contribution in [0.5, 0.6) is 0 Å². The SMILES string of the molecule is O=C(OCc1ccccc1)c1cnc(NCc2ccccc2)n1C(=O)OCc1ccccc1. The number of hydrogen-bond acceptors (Lipinski definition) is 6. The summed E-state index contributed by atoms with van der Waals surface area (Å²) in [4.78, 5) is 30.0. The Balaban J connectivity index is 1.52. The Morgan fingerprint density at radius 1 is 0.727 bits per heavy atom. The number of nitrogens with zero attached hydrogens (tertiary/aromatic N) is 2. The van der Waals surface area contributed by atoms with Crippen molar-refractivity contribution < 1.29 is 19.1 Å². The molecule has 0 amide bonds. The molecule has 1 aromatic heterocycles. The summed E-state index contributed by atoms with van der Waals surface area (Å²) in [6.07, 6.45) is 0.586. The first-order chi connectivity index (χ1) is 16.2. The Labute approximate surface area is 191 Å². The monoisotopic (exact) mass is 441 g/mol. The minimum absolute atomic E-state index is 0.0143. The molecule has 0 atom stereocenters. The molecule has 0 bridgehead atoms. The topological polar surface area (TPSA) is 82.5 Å². The molecule has 166 valence electrons. The summed E-state index contributed by atoms with van der Waals surface area (Å²) in [6, 6.07) is 28.3. The molecular formula is C26H23N3O4. The number of carbonyl (C=O) groups is 2. The predicted molar refractivity (Wildman–Crippen MR) is 124 cm³/mol. The van der Waals surface area contributed by atoms with Gasteiger partial charge in [0.1, 0.15) is 13.2 Å². The van der Waals surface area contributed by atoms with E-state index in [4.69, 9.17) is 9.47 Å². The van der Waals surface area contributed by atoms with Crippen molar-refractivity contribution in [2.24, 2.45) is 0 Å². The highest BCUT2D eigenvalue weighted by molar-refractivity contribution is 5.93. The molecule has 0 radical (unpaired) electrons. The molecule has 4 aromatic rings. The van der Waals surface area contributed by atoms with Crippen molar-refractivity contribution in [2.45, 2.75) is 19.8 Å². The van der Waals surface area contributed by atoms with Crippen LogP contribution in [0.2, 0.25) is 0 Å². The fourth-order valence-electron chi connectivity index (χ4n) is 3.16. The second-order valence-electron chi connectivity index (χ2n) is 7.24. The van der Waals surface area contributed by atoms with Gasteiger partial charge in [0.05, 0.1) is 6.20 Å². The van der Waals surface area contributed by atoms with E-state index in [0.29, 0.717) is 6.54 Å². The third-order valence-electron chi connectivity index (χ3n) is 4.86. The van der Waals surface area contributed by atoms with Gasteiger partial charge < -0.3 is 14.8 Å². The van der Waals surface area contributed by atoms with Crippen molar-refractivity contribution in [3.8, 4) is 0 Å². The number of rotatable bonds is 8. The minimum Gasteiger partial charge on any atom is -0.456 e. The molecule has 0 fully saturated rings. The number of hydrogen-bond donors (Lipinski definition) is 1. The van der Waals surface area contributed by atoms with Crippen LogP contribution in [0, 0.1) is 0 Å². The molecule has 33 heavy (non-hydrogen) atoms. The maximum atomic E-state index is 13.0. The van der Waals surface area contributed by atoms with E-state index < -0.39 is 12.1 Å². The van der Waals surface area contributed by atoms with Crippen molar-refractivity contribution in [3.05, 3.63) is 120 Å². The molecule has 0 saturated carbocycles. The first kappa shape index (κ1) is 21.8. The van der Waals surface area contributed by atoms with Gasteiger partial charge in [-0.15, -0.1) is 0 Å². The number of carbonyl (C=O) groups excluding carboxylic acids is 2. The van der Waals surface area contributed by atoms with E-state index in [2.05, 4.69) is 10.3 Å². The quantitative estimate of drug-likeness (QED) is 0.386. The average Bonchev–Trinajstić information content (AvgIpc) is 3.31. The maximum Gasteiger partial charge on any atom is 0.421 e.